The predicted molar refractivity (Wildman–Crippen MR) is 61.2 cm³/mol. The van der Waals surface area contributed by atoms with Gasteiger partial charge in [0.25, 0.3) is 0 Å². The van der Waals surface area contributed by atoms with Gasteiger partial charge in [0, 0.05) is 24.5 Å². The van der Waals surface area contributed by atoms with Gasteiger partial charge in [0.15, 0.2) is 11.3 Å². The standard InChI is InChI=1S/C12H13N3O2/c16-12(17)10-11-14-9(8-3-1-2-4-8)7-15(11)6-5-13-10/h5-8H,1-4H2,(H,16,17). The number of carbonyl (C=O) groups is 1. The van der Waals surface area contributed by atoms with Gasteiger partial charge in [-0.05, 0) is 12.8 Å². The summed E-state index contributed by atoms with van der Waals surface area (Å²) in [6.45, 7) is 0. The van der Waals surface area contributed by atoms with E-state index in [0.717, 1.165) is 18.5 Å². The molecular weight excluding hydrogens is 218 g/mol. The number of fused-ring (bicyclic) bond motifs is 1. The lowest BCUT2D eigenvalue weighted by molar-refractivity contribution is 0.0692. The molecule has 1 N–H and O–H groups in total. The van der Waals surface area contributed by atoms with Crippen molar-refractivity contribution in [3.63, 3.8) is 0 Å². The Labute approximate surface area is 98.1 Å². The molecule has 0 spiro atoms. The second-order valence-electron chi connectivity index (χ2n) is 4.46. The lowest BCUT2D eigenvalue weighted by atomic mass is 10.1. The minimum absolute atomic E-state index is 0.0248. The lowest BCUT2D eigenvalue weighted by Gasteiger charge is -2.02. The average molecular weight is 231 g/mol. The fourth-order valence-corrected chi connectivity index (χ4v) is 2.51. The summed E-state index contributed by atoms with van der Waals surface area (Å²) >= 11 is 0. The molecule has 1 fully saturated rings. The first kappa shape index (κ1) is 10.3. The number of aromatic carboxylic acids is 1. The minimum Gasteiger partial charge on any atom is -0.476 e. The summed E-state index contributed by atoms with van der Waals surface area (Å²) in [5.74, 6) is -0.546. The molecule has 0 saturated heterocycles. The van der Waals surface area contributed by atoms with E-state index in [2.05, 4.69) is 9.97 Å². The van der Waals surface area contributed by atoms with Gasteiger partial charge in [-0.15, -0.1) is 0 Å². The number of aromatic nitrogens is 3. The van der Waals surface area contributed by atoms with Crippen molar-refractivity contribution >= 4 is 11.6 Å². The lowest BCUT2D eigenvalue weighted by Crippen LogP contribution is -2.03. The summed E-state index contributed by atoms with van der Waals surface area (Å²) in [5.41, 5.74) is 1.47. The molecule has 0 aromatic carbocycles. The zero-order valence-electron chi connectivity index (χ0n) is 9.33. The molecule has 2 aromatic heterocycles. The van der Waals surface area contributed by atoms with Crippen molar-refractivity contribution in [3.05, 3.63) is 30.0 Å². The smallest absolute Gasteiger partial charge is 0.358 e. The van der Waals surface area contributed by atoms with Gasteiger partial charge in [-0.25, -0.2) is 14.8 Å². The third-order valence-electron chi connectivity index (χ3n) is 3.37. The Morgan fingerprint density at radius 2 is 2.18 bits per heavy atom. The molecule has 5 heteroatoms. The SMILES string of the molecule is O=C(O)c1nccn2cc(C3CCCC3)nc12. The zero-order chi connectivity index (χ0) is 11.8. The number of hydrogen-bond donors (Lipinski definition) is 1. The Morgan fingerprint density at radius 3 is 2.88 bits per heavy atom. The van der Waals surface area contributed by atoms with E-state index in [1.54, 1.807) is 10.6 Å². The van der Waals surface area contributed by atoms with Crippen LogP contribution in [-0.4, -0.2) is 25.4 Å². The summed E-state index contributed by atoms with van der Waals surface area (Å²) in [6, 6.07) is 0. The topological polar surface area (TPSA) is 67.5 Å². The van der Waals surface area contributed by atoms with Gasteiger partial charge < -0.3 is 9.51 Å². The van der Waals surface area contributed by atoms with Gasteiger partial charge in [-0.1, -0.05) is 12.8 Å². The molecule has 2 heterocycles. The van der Waals surface area contributed by atoms with E-state index in [4.69, 9.17) is 5.11 Å². The van der Waals surface area contributed by atoms with Crippen molar-refractivity contribution in [2.45, 2.75) is 31.6 Å². The molecule has 0 bridgehead atoms. The first-order chi connectivity index (χ1) is 8.25. The predicted octanol–water partition coefficient (Wildman–Crippen LogP) is 2.09. The van der Waals surface area contributed by atoms with E-state index < -0.39 is 5.97 Å². The van der Waals surface area contributed by atoms with Crippen LogP contribution in [0.25, 0.3) is 5.65 Å². The highest BCUT2D eigenvalue weighted by Crippen LogP contribution is 2.33. The first-order valence-corrected chi connectivity index (χ1v) is 5.82. The minimum atomic E-state index is -1.03. The van der Waals surface area contributed by atoms with Crippen LogP contribution in [0.15, 0.2) is 18.6 Å². The third-order valence-corrected chi connectivity index (χ3v) is 3.37. The van der Waals surface area contributed by atoms with Crippen molar-refractivity contribution in [2.75, 3.05) is 0 Å². The monoisotopic (exact) mass is 231 g/mol. The Kier molecular flexibility index (Phi) is 2.31. The number of hydrogen-bond acceptors (Lipinski definition) is 3. The van der Waals surface area contributed by atoms with Gasteiger partial charge in [0.1, 0.15) is 0 Å². The van der Waals surface area contributed by atoms with E-state index >= 15 is 0 Å². The fraction of sp³-hybridized carbons (Fsp3) is 0.417. The molecular formula is C12H13N3O2. The van der Waals surface area contributed by atoms with Crippen molar-refractivity contribution < 1.29 is 9.90 Å². The number of nitrogens with zero attached hydrogens (tertiary/aromatic N) is 3. The van der Waals surface area contributed by atoms with Gasteiger partial charge in [0.2, 0.25) is 0 Å². The van der Waals surface area contributed by atoms with Crippen LogP contribution < -0.4 is 0 Å². The van der Waals surface area contributed by atoms with Crippen LogP contribution >= 0.6 is 0 Å². The summed E-state index contributed by atoms with van der Waals surface area (Å²) < 4.78 is 1.75. The largest absolute Gasteiger partial charge is 0.476 e. The number of rotatable bonds is 2. The maximum absolute atomic E-state index is 11.0. The van der Waals surface area contributed by atoms with E-state index in [1.807, 2.05) is 6.20 Å². The summed E-state index contributed by atoms with van der Waals surface area (Å²) in [4.78, 5) is 19.3. The number of carboxylic acids is 1. The first-order valence-electron chi connectivity index (χ1n) is 5.82. The molecule has 0 amide bonds. The summed E-state index contributed by atoms with van der Waals surface area (Å²) in [7, 11) is 0. The second-order valence-corrected chi connectivity index (χ2v) is 4.46. The van der Waals surface area contributed by atoms with Crippen LogP contribution in [0.2, 0.25) is 0 Å². The molecule has 0 atom stereocenters. The maximum Gasteiger partial charge on any atom is 0.358 e. The van der Waals surface area contributed by atoms with Gasteiger partial charge in [-0.2, -0.15) is 0 Å². The zero-order valence-corrected chi connectivity index (χ0v) is 9.33. The van der Waals surface area contributed by atoms with Crippen LogP contribution in [0.5, 0.6) is 0 Å². The molecule has 0 aliphatic heterocycles. The third kappa shape index (κ3) is 1.67. The Bertz CT molecular complexity index is 570. The van der Waals surface area contributed by atoms with Crippen LogP contribution in [-0.2, 0) is 0 Å². The summed E-state index contributed by atoms with van der Waals surface area (Å²) in [6.07, 6.45) is 9.95. The number of imidazole rings is 1. The van der Waals surface area contributed by atoms with Crippen molar-refractivity contribution in [1.29, 1.82) is 0 Å². The van der Waals surface area contributed by atoms with Crippen LogP contribution in [0.1, 0.15) is 47.8 Å². The highest BCUT2D eigenvalue weighted by molar-refractivity contribution is 5.91. The van der Waals surface area contributed by atoms with Crippen LogP contribution in [0.3, 0.4) is 0 Å². The van der Waals surface area contributed by atoms with E-state index in [9.17, 15) is 4.79 Å². The molecule has 3 rings (SSSR count). The average Bonchev–Trinajstić information content (AvgIpc) is 2.96. The Hall–Kier alpha value is -1.91. The van der Waals surface area contributed by atoms with E-state index in [1.165, 1.54) is 19.0 Å². The molecule has 1 aliphatic carbocycles. The Morgan fingerprint density at radius 1 is 1.41 bits per heavy atom. The van der Waals surface area contributed by atoms with E-state index in [-0.39, 0.29) is 5.69 Å². The number of carboxylic acid groups (broad SMARTS) is 1. The molecule has 2 aromatic rings. The highest BCUT2D eigenvalue weighted by atomic mass is 16.4. The Balaban J connectivity index is 2.11. The molecule has 5 nitrogen and oxygen atoms in total. The molecule has 0 unspecified atom stereocenters. The van der Waals surface area contributed by atoms with Gasteiger partial charge in [0.05, 0.1) is 5.69 Å². The second kappa shape index (κ2) is 3.84. The molecule has 0 radical (unpaired) electrons. The van der Waals surface area contributed by atoms with Crippen molar-refractivity contribution in [1.82, 2.24) is 14.4 Å². The quantitative estimate of drug-likeness (QED) is 0.859. The van der Waals surface area contributed by atoms with Crippen LogP contribution in [0, 0.1) is 0 Å². The normalized spacial score (nSPS) is 16.7. The molecule has 1 aliphatic rings. The highest BCUT2D eigenvalue weighted by Gasteiger charge is 2.21. The fourth-order valence-electron chi connectivity index (χ4n) is 2.51. The van der Waals surface area contributed by atoms with Gasteiger partial charge in [-0.3, -0.25) is 0 Å². The summed E-state index contributed by atoms with van der Waals surface area (Å²) in [5, 5.41) is 9.04. The van der Waals surface area contributed by atoms with Crippen molar-refractivity contribution in [2.24, 2.45) is 0 Å². The molecule has 17 heavy (non-hydrogen) atoms. The maximum atomic E-state index is 11.0. The van der Waals surface area contributed by atoms with Crippen LogP contribution in [0.4, 0.5) is 0 Å². The van der Waals surface area contributed by atoms with E-state index in [0.29, 0.717) is 11.6 Å². The van der Waals surface area contributed by atoms with Crippen molar-refractivity contribution in [3.8, 4) is 0 Å². The molecule has 88 valence electrons. The van der Waals surface area contributed by atoms with Gasteiger partial charge >= 0.3 is 5.97 Å². The molecule has 1 saturated carbocycles.